The summed E-state index contributed by atoms with van der Waals surface area (Å²) in [6.45, 7) is 10.3. The van der Waals surface area contributed by atoms with Gasteiger partial charge in [-0.05, 0) is 53.7 Å². The van der Waals surface area contributed by atoms with Crippen LogP contribution in [0.1, 0.15) is 77.5 Å². The lowest BCUT2D eigenvalue weighted by Crippen LogP contribution is -2.61. The Bertz CT molecular complexity index is 1950. The van der Waals surface area contributed by atoms with Crippen molar-refractivity contribution >= 4 is 47.4 Å². The molecule has 0 saturated heterocycles. The molecule has 0 heterocycles. The summed E-state index contributed by atoms with van der Waals surface area (Å²) >= 11 is 0. The predicted octanol–water partition coefficient (Wildman–Crippen LogP) is 3.14. The third kappa shape index (κ3) is 17.7. The number of carbonyl (C=O) groups excluding carboxylic acids is 6. The summed E-state index contributed by atoms with van der Waals surface area (Å²) in [4.78, 5) is 106. The molecule has 0 saturated carbocycles. The molecule has 3 rings (SSSR count). The van der Waals surface area contributed by atoms with Gasteiger partial charge in [-0.2, -0.15) is 0 Å². The molecule has 340 valence electrons. The number of benzene rings is 3. The normalized spacial score (nSPS) is 13.6. The molecule has 16 nitrogen and oxygen atoms in total. The predicted molar refractivity (Wildman–Crippen MR) is 235 cm³/mol. The number of hydrogen-bond donors (Lipinski definition) is 8. The average molecular weight is 871 g/mol. The van der Waals surface area contributed by atoms with Gasteiger partial charge in [-0.15, -0.1) is 0 Å². The van der Waals surface area contributed by atoms with E-state index in [0.717, 1.165) is 16.7 Å². The molecule has 3 aromatic rings. The molecule has 0 radical (unpaired) electrons. The Morgan fingerprint density at radius 3 is 1.30 bits per heavy atom. The molecule has 8 N–H and O–H groups in total. The lowest BCUT2D eigenvalue weighted by Gasteiger charge is -2.29. The van der Waals surface area contributed by atoms with Crippen LogP contribution in [0.15, 0.2) is 91.0 Å². The van der Waals surface area contributed by atoms with Gasteiger partial charge in [0.2, 0.25) is 35.4 Å². The van der Waals surface area contributed by atoms with E-state index in [0.29, 0.717) is 12.8 Å². The van der Waals surface area contributed by atoms with Crippen molar-refractivity contribution in [2.75, 3.05) is 0 Å². The van der Waals surface area contributed by atoms with Crippen LogP contribution in [0.25, 0.3) is 0 Å². The number of amides is 6. The maximum absolute atomic E-state index is 14.1. The van der Waals surface area contributed by atoms with Crippen molar-refractivity contribution in [3.8, 4) is 0 Å². The highest BCUT2D eigenvalue weighted by Crippen LogP contribution is 2.17. The lowest BCUT2D eigenvalue weighted by molar-refractivity contribution is -0.144. The second-order valence-corrected chi connectivity index (χ2v) is 16.8. The Hall–Kier alpha value is -6.58. The van der Waals surface area contributed by atoms with Crippen molar-refractivity contribution < 1.29 is 48.6 Å². The molecule has 5 atom stereocenters. The summed E-state index contributed by atoms with van der Waals surface area (Å²) in [5.74, 6) is -9.37. The summed E-state index contributed by atoms with van der Waals surface area (Å²) in [6, 6.07) is 20.6. The van der Waals surface area contributed by atoms with E-state index in [9.17, 15) is 48.6 Å². The first-order chi connectivity index (χ1) is 29.8. The molecule has 16 heteroatoms. The standard InChI is InChI=1S/C47H62N6O10/c1-28(2)22-37(47(62)63)51-44(59)36(26-39(55)56)49-43(58)35(25-38(54)48-27-33-20-14-9-15-21-33)50-45(60)40(29(3)4)53-46(61)41(30(5)6)52-42(57)34(23-31-16-10-7-11-17-31)24-32-18-12-8-13-19-32/h7-21,28-30,34-37,40-41H,22-27H2,1-6H3,(H,48,54)(H,49,58)(H,50,60)(H,51,59)(H,52,57)(H,53,61)(H,55,56)(H,62,63)/t35-,36-,37-,40-,41-/m0/s1. The number of carboxylic acid groups (broad SMARTS) is 2. The third-order valence-electron chi connectivity index (χ3n) is 10.2. The highest BCUT2D eigenvalue weighted by molar-refractivity contribution is 5.98. The molecule has 63 heavy (non-hydrogen) atoms. The summed E-state index contributed by atoms with van der Waals surface area (Å²) in [5.41, 5.74) is 2.62. The van der Waals surface area contributed by atoms with E-state index in [4.69, 9.17) is 0 Å². The van der Waals surface area contributed by atoms with E-state index in [-0.39, 0.29) is 24.8 Å². The van der Waals surface area contributed by atoms with Crippen LogP contribution in [0.3, 0.4) is 0 Å². The SMILES string of the molecule is CC(C)C[C@H](NC(=O)[C@H](CC(=O)O)NC(=O)[C@H](CC(=O)NCc1ccccc1)NC(=O)[C@@H](NC(=O)[C@@H](NC(=O)C(Cc1ccccc1)Cc1ccccc1)C(C)C)C(C)C)C(=O)O. The van der Waals surface area contributed by atoms with Crippen LogP contribution in [0, 0.1) is 23.7 Å². The van der Waals surface area contributed by atoms with Gasteiger partial charge >= 0.3 is 11.9 Å². The topological polar surface area (TPSA) is 249 Å². The smallest absolute Gasteiger partial charge is 0.326 e. The molecule has 0 aromatic heterocycles. The lowest BCUT2D eigenvalue weighted by atomic mass is 9.90. The van der Waals surface area contributed by atoms with E-state index < -0.39 is 102 Å². The first-order valence-corrected chi connectivity index (χ1v) is 21.2. The molecular weight excluding hydrogens is 809 g/mol. The van der Waals surface area contributed by atoms with Crippen molar-refractivity contribution in [3.63, 3.8) is 0 Å². The third-order valence-corrected chi connectivity index (χ3v) is 10.2. The second-order valence-electron chi connectivity index (χ2n) is 16.8. The highest BCUT2D eigenvalue weighted by atomic mass is 16.4. The van der Waals surface area contributed by atoms with Gasteiger partial charge in [0.05, 0.1) is 12.8 Å². The van der Waals surface area contributed by atoms with E-state index in [2.05, 4.69) is 31.9 Å². The van der Waals surface area contributed by atoms with Crippen LogP contribution in [0.2, 0.25) is 0 Å². The number of rotatable bonds is 25. The largest absolute Gasteiger partial charge is 0.481 e. The Balaban J connectivity index is 1.86. The van der Waals surface area contributed by atoms with Gasteiger partial charge in [0, 0.05) is 12.5 Å². The van der Waals surface area contributed by atoms with Gasteiger partial charge in [-0.3, -0.25) is 33.6 Å². The van der Waals surface area contributed by atoms with Crippen LogP contribution in [0.5, 0.6) is 0 Å². The fraction of sp³-hybridized carbons (Fsp3) is 0.447. The van der Waals surface area contributed by atoms with Crippen molar-refractivity contribution in [2.45, 2.75) is 110 Å². The van der Waals surface area contributed by atoms with Gasteiger partial charge in [-0.25, -0.2) is 4.79 Å². The zero-order chi connectivity index (χ0) is 46.6. The summed E-state index contributed by atoms with van der Waals surface area (Å²) in [6.07, 6.45) is -0.788. The van der Waals surface area contributed by atoms with Gasteiger partial charge in [0.25, 0.3) is 0 Å². The van der Waals surface area contributed by atoms with Crippen LogP contribution in [0.4, 0.5) is 0 Å². The van der Waals surface area contributed by atoms with Gasteiger partial charge in [0.1, 0.15) is 30.2 Å². The quantitative estimate of drug-likeness (QED) is 0.0618. The first kappa shape index (κ1) is 50.8. The molecule has 0 fully saturated rings. The second kappa shape index (κ2) is 25.4. The molecule has 0 spiro atoms. The van der Waals surface area contributed by atoms with Gasteiger partial charge < -0.3 is 42.1 Å². The first-order valence-electron chi connectivity index (χ1n) is 21.2. The van der Waals surface area contributed by atoms with Crippen LogP contribution in [-0.2, 0) is 57.7 Å². The Labute approximate surface area is 368 Å². The maximum Gasteiger partial charge on any atom is 0.326 e. The zero-order valence-corrected chi connectivity index (χ0v) is 36.8. The van der Waals surface area contributed by atoms with Gasteiger partial charge in [-0.1, -0.05) is 133 Å². The van der Waals surface area contributed by atoms with E-state index in [1.807, 2.05) is 60.7 Å². The minimum absolute atomic E-state index is 0.0146. The molecule has 0 aliphatic heterocycles. The summed E-state index contributed by atoms with van der Waals surface area (Å²) < 4.78 is 0. The number of hydrogen-bond acceptors (Lipinski definition) is 8. The zero-order valence-electron chi connectivity index (χ0n) is 36.8. The fourth-order valence-corrected chi connectivity index (χ4v) is 6.79. The Morgan fingerprint density at radius 2 is 0.873 bits per heavy atom. The van der Waals surface area contributed by atoms with Gasteiger partial charge in [0.15, 0.2) is 0 Å². The molecule has 0 unspecified atom stereocenters. The van der Waals surface area contributed by atoms with Crippen molar-refractivity contribution in [1.29, 1.82) is 0 Å². The maximum atomic E-state index is 14.1. The summed E-state index contributed by atoms with van der Waals surface area (Å²) in [5, 5.41) is 34.7. The number of carbonyl (C=O) groups is 8. The van der Waals surface area contributed by atoms with Crippen LogP contribution in [-0.4, -0.2) is 87.8 Å². The monoisotopic (exact) mass is 870 g/mol. The molecule has 0 aliphatic carbocycles. The minimum Gasteiger partial charge on any atom is -0.481 e. The Morgan fingerprint density at radius 1 is 0.476 bits per heavy atom. The van der Waals surface area contributed by atoms with Crippen molar-refractivity contribution in [3.05, 3.63) is 108 Å². The highest BCUT2D eigenvalue weighted by Gasteiger charge is 2.36. The Kier molecular flexibility index (Phi) is 20.5. The van der Waals surface area contributed by atoms with Crippen LogP contribution >= 0.6 is 0 Å². The number of aliphatic carboxylic acids is 2. The molecule has 6 amide bonds. The van der Waals surface area contributed by atoms with E-state index in [1.54, 1.807) is 71.9 Å². The number of carboxylic acids is 2. The average Bonchev–Trinajstić information content (AvgIpc) is 3.23. The van der Waals surface area contributed by atoms with E-state index >= 15 is 0 Å². The summed E-state index contributed by atoms with van der Waals surface area (Å²) in [7, 11) is 0. The molecular formula is C47H62N6O10. The van der Waals surface area contributed by atoms with Crippen LogP contribution < -0.4 is 31.9 Å². The number of nitrogens with one attached hydrogen (secondary N) is 6. The molecule has 0 aliphatic rings. The van der Waals surface area contributed by atoms with E-state index in [1.165, 1.54) is 0 Å². The van der Waals surface area contributed by atoms with Crippen molar-refractivity contribution in [1.82, 2.24) is 31.9 Å². The van der Waals surface area contributed by atoms with Crippen molar-refractivity contribution in [2.24, 2.45) is 23.7 Å². The fourth-order valence-electron chi connectivity index (χ4n) is 6.79. The molecule has 0 bridgehead atoms. The molecule has 3 aromatic carbocycles. The minimum atomic E-state index is -1.79.